The average Bonchev–Trinajstić information content (AvgIpc) is 3.57. The molecule has 4 rings (SSSR count). The molecule has 1 aliphatic heterocycles. The summed E-state index contributed by atoms with van der Waals surface area (Å²) in [6.07, 6.45) is -0.405. The van der Waals surface area contributed by atoms with Crippen molar-refractivity contribution in [3.8, 4) is 17.2 Å². The zero-order valence-electron chi connectivity index (χ0n) is 34.3. The van der Waals surface area contributed by atoms with Crippen LogP contribution in [0.4, 0.5) is 4.79 Å². The van der Waals surface area contributed by atoms with Crippen molar-refractivity contribution in [2.75, 3.05) is 26.5 Å². The molecule has 0 bridgehead atoms. The molecule has 0 aromatic heterocycles. The normalized spacial score (nSPS) is 14.8. The van der Waals surface area contributed by atoms with E-state index >= 15 is 0 Å². The van der Waals surface area contributed by atoms with Crippen LogP contribution < -0.4 is 19.5 Å². The Bertz CT molecular complexity index is 1810. The Morgan fingerprint density at radius 1 is 0.909 bits per heavy atom. The van der Waals surface area contributed by atoms with Crippen LogP contribution >= 0.6 is 0 Å². The number of rotatable bonds is 18. The van der Waals surface area contributed by atoms with Crippen molar-refractivity contribution in [3.63, 3.8) is 0 Å². The number of carbonyl (C=O) groups is 1. The minimum Gasteiger partial charge on any atom is -0.489 e. The van der Waals surface area contributed by atoms with Crippen molar-refractivity contribution in [3.05, 3.63) is 83.9 Å². The van der Waals surface area contributed by atoms with Crippen LogP contribution in [0.1, 0.15) is 79.4 Å². The van der Waals surface area contributed by atoms with E-state index in [-0.39, 0.29) is 36.2 Å². The average molecular weight is 799 g/mol. The molecule has 1 amide bonds. The van der Waals surface area contributed by atoms with Gasteiger partial charge in [-0.15, -0.1) is 0 Å². The Labute approximate surface area is 329 Å². The number of alkyl carbamates (subject to hydrolysis) is 1. The van der Waals surface area contributed by atoms with Gasteiger partial charge in [0.1, 0.15) is 18.0 Å². The third kappa shape index (κ3) is 13.2. The summed E-state index contributed by atoms with van der Waals surface area (Å²) in [5.74, 6) is 1.47. The molecule has 11 nitrogen and oxygen atoms in total. The fraction of sp³-hybridized carbons (Fsp3) is 0.548. The minimum atomic E-state index is -4.17. The Morgan fingerprint density at radius 3 is 2.20 bits per heavy atom. The minimum absolute atomic E-state index is 0.00336. The number of aliphatic hydroxyl groups excluding tert-OH is 1. The highest BCUT2D eigenvalue weighted by molar-refractivity contribution is 7.89. The van der Waals surface area contributed by atoms with E-state index < -0.39 is 47.6 Å². The van der Waals surface area contributed by atoms with Crippen LogP contribution in [-0.4, -0.2) is 76.5 Å². The summed E-state index contributed by atoms with van der Waals surface area (Å²) < 4.78 is 59.2. The molecule has 1 aliphatic rings. The standard InChI is InChI=1S/C42H62N2O9SSi/c1-40(2,3)53-39(46)43-35(25-31-17-19-33(20-18-31)49-28-32-15-12-11-13-16-32)36(45)27-44(54(47,48)34-21-22-37-38(26-34)51-30-50-37)29-42(7,8)23-14-24-52-55(9,10)41(4,5)6/h11-13,15-22,26,35-36,45H,14,23-25,27-30H2,1-10H3,(H,43,46)/t35-,36+/m0/s1. The van der Waals surface area contributed by atoms with Crippen molar-refractivity contribution in [1.29, 1.82) is 0 Å². The first-order valence-corrected chi connectivity index (χ1v) is 23.4. The summed E-state index contributed by atoms with van der Waals surface area (Å²) in [5.41, 5.74) is 0.562. The largest absolute Gasteiger partial charge is 0.489 e. The number of aliphatic hydroxyl groups is 1. The third-order valence-electron chi connectivity index (χ3n) is 10.0. The van der Waals surface area contributed by atoms with Gasteiger partial charge in [0.2, 0.25) is 16.8 Å². The summed E-state index contributed by atoms with van der Waals surface area (Å²) in [6.45, 7) is 21.2. The number of benzene rings is 3. The fourth-order valence-corrected chi connectivity index (χ4v) is 8.63. The molecule has 13 heteroatoms. The van der Waals surface area contributed by atoms with Gasteiger partial charge in [0.25, 0.3) is 0 Å². The lowest BCUT2D eigenvalue weighted by molar-refractivity contribution is 0.0391. The summed E-state index contributed by atoms with van der Waals surface area (Å²) in [4.78, 5) is 13.1. The van der Waals surface area contributed by atoms with Gasteiger partial charge >= 0.3 is 6.09 Å². The molecule has 2 atom stereocenters. The first kappa shape index (κ1) is 44.1. The first-order valence-electron chi connectivity index (χ1n) is 19.0. The lowest BCUT2D eigenvalue weighted by Crippen LogP contribution is -2.52. The van der Waals surface area contributed by atoms with Crippen LogP contribution in [0.5, 0.6) is 17.2 Å². The van der Waals surface area contributed by atoms with E-state index in [1.807, 2.05) is 68.4 Å². The maximum absolute atomic E-state index is 14.5. The van der Waals surface area contributed by atoms with E-state index in [9.17, 15) is 18.3 Å². The first-order chi connectivity index (χ1) is 25.5. The predicted molar refractivity (Wildman–Crippen MR) is 218 cm³/mol. The molecule has 0 fully saturated rings. The van der Waals surface area contributed by atoms with Gasteiger partial charge in [0, 0.05) is 25.8 Å². The number of ether oxygens (including phenoxy) is 4. The number of amides is 1. The van der Waals surface area contributed by atoms with Crippen molar-refractivity contribution in [2.24, 2.45) is 5.41 Å². The summed E-state index contributed by atoms with van der Waals surface area (Å²) in [6, 6.07) is 20.9. The predicted octanol–water partition coefficient (Wildman–Crippen LogP) is 8.31. The van der Waals surface area contributed by atoms with E-state index in [1.54, 1.807) is 26.8 Å². The molecular formula is C42H62N2O9SSi. The van der Waals surface area contributed by atoms with E-state index in [1.165, 1.54) is 16.4 Å². The SMILES string of the molecule is CC(C)(CCCO[Si](C)(C)C(C)(C)C)CN(C[C@@H](O)[C@H](Cc1ccc(OCc2ccccc2)cc1)NC(=O)OC(C)(C)C)S(=O)(=O)c1ccc2c(c1)OCO2. The lowest BCUT2D eigenvalue weighted by atomic mass is 9.87. The van der Waals surface area contributed by atoms with Crippen LogP contribution in [0.2, 0.25) is 18.1 Å². The second-order valence-electron chi connectivity index (χ2n) is 17.6. The van der Waals surface area contributed by atoms with E-state index in [0.29, 0.717) is 36.9 Å². The van der Waals surface area contributed by atoms with Crippen LogP contribution in [0.3, 0.4) is 0 Å². The van der Waals surface area contributed by atoms with Crippen molar-refractivity contribution in [1.82, 2.24) is 9.62 Å². The van der Waals surface area contributed by atoms with Gasteiger partial charge in [-0.1, -0.05) is 77.1 Å². The van der Waals surface area contributed by atoms with Crippen molar-refractivity contribution in [2.45, 2.75) is 122 Å². The molecule has 2 N–H and O–H groups in total. The van der Waals surface area contributed by atoms with E-state index in [2.05, 4.69) is 39.2 Å². The van der Waals surface area contributed by atoms with Crippen LogP contribution in [0.25, 0.3) is 0 Å². The Hall–Kier alpha value is -3.62. The number of hydrogen-bond donors (Lipinski definition) is 2. The van der Waals surface area contributed by atoms with Crippen LogP contribution in [0.15, 0.2) is 77.7 Å². The molecule has 304 valence electrons. The Kier molecular flexibility index (Phi) is 14.5. The number of nitrogens with zero attached hydrogens (tertiary/aromatic N) is 1. The monoisotopic (exact) mass is 798 g/mol. The zero-order valence-corrected chi connectivity index (χ0v) is 36.1. The fourth-order valence-electron chi connectivity index (χ4n) is 5.88. The maximum atomic E-state index is 14.5. The van der Waals surface area contributed by atoms with Gasteiger partial charge in [-0.2, -0.15) is 4.31 Å². The zero-order chi connectivity index (χ0) is 40.7. The quantitative estimate of drug-likeness (QED) is 0.0964. The molecule has 1 heterocycles. The van der Waals surface area contributed by atoms with Crippen LogP contribution in [0, 0.1) is 5.41 Å². The molecular weight excluding hydrogens is 737 g/mol. The molecule has 0 radical (unpaired) electrons. The summed E-state index contributed by atoms with van der Waals surface area (Å²) >= 11 is 0. The smallest absolute Gasteiger partial charge is 0.407 e. The molecule has 3 aromatic rings. The second-order valence-corrected chi connectivity index (χ2v) is 24.4. The number of sulfonamides is 1. The molecule has 55 heavy (non-hydrogen) atoms. The van der Waals surface area contributed by atoms with Gasteiger partial charge in [-0.25, -0.2) is 13.2 Å². The van der Waals surface area contributed by atoms with Gasteiger partial charge in [0.15, 0.2) is 19.8 Å². The summed E-state index contributed by atoms with van der Waals surface area (Å²) in [5, 5.41) is 14.8. The van der Waals surface area contributed by atoms with Gasteiger partial charge in [0.05, 0.1) is 17.0 Å². The molecule has 0 spiro atoms. The number of carbonyl (C=O) groups excluding carboxylic acids is 1. The molecule has 0 unspecified atom stereocenters. The molecule has 0 aliphatic carbocycles. The second kappa shape index (κ2) is 18.1. The van der Waals surface area contributed by atoms with E-state index in [4.69, 9.17) is 23.4 Å². The molecule has 3 aromatic carbocycles. The highest BCUT2D eigenvalue weighted by Crippen LogP contribution is 2.38. The number of hydrogen-bond acceptors (Lipinski definition) is 9. The van der Waals surface area contributed by atoms with Gasteiger partial charge in [-0.3, -0.25) is 0 Å². The highest BCUT2D eigenvalue weighted by Gasteiger charge is 2.38. The third-order valence-corrected chi connectivity index (χ3v) is 16.4. The highest BCUT2D eigenvalue weighted by atomic mass is 32.2. The molecule has 0 saturated heterocycles. The number of fused-ring (bicyclic) bond motifs is 1. The lowest BCUT2D eigenvalue weighted by Gasteiger charge is -2.37. The maximum Gasteiger partial charge on any atom is 0.407 e. The van der Waals surface area contributed by atoms with Crippen LogP contribution in [-0.2, 0) is 32.2 Å². The van der Waals surface area contributed by atoms with Gasteiger partial charge < -0.3 is 33.8 Å². The van der Waals surface area contributed by atoms with Gasteiger partial charge in [-0.05, 0) is 99.0 Å². The van der Waals surface area contributed by atoms with Crippen molar-refractivity contribution < 1.29 is 41.7 Å². The topological polar surface area (TPSA) is 133 Å². The van der Waals surface area contributed by atoms with E-state index in [0.717, 1.165) is 17.5 Å². The van der Waals surface area contributed by atoms with Crippen molar-refractivity contribution >= 4 is 24.4 Å². The Morgan fingerprint density at radius 2 is 1.56 bits per heavy atom. The molecule has 0 saturated carbocycles. The summed E-state index contributed by atoms with van der Waals surface area (Å²) in [7, 11) is -6.12. The number of nitrogens with one attached hydrogen (secondary N) is 1. The Balaban J connectivity index is 1.57.